The van der Waals surface area contributed by atoms with Gasteiger partial charge in [-0.05, 0) is 60.7 Å². The molecule has 0 bridgehead atoms. The van der Waals surface area contributed by atoms with Crippen LogP contribution in [0.3, 0.4) is 0 Å². The smallest absolute Gasteiger partial charge is 0.303 e. The van der Waals surface area contributed by atoms with Crippen LogP contribution < -0.4 is 5.32 Å². The first-order valence-electron chi connectivity index (χ1n) is 6.12. The van der Waals surface area contributed by atoms with E-state index in [1.54, 1.807) is 11.3 Å². The summed E-state index contributed by atoms with van der Waals surface area (Å²) in [5.74, 6) is -0.206. The van der Waals surface area contributed by atoms with Crippen LogP contribution in [0.25, 0.3) is 0 Å². The molecule has 0 aliphatic rings. The first-order chi connectivity index (χ1) is 8.18. The fraction of sp³-hybridized carbons (Fsp3) is 0.615. The van der Waals surface area contributed by atoms with E-state index in [2.05, 4.69) is 29.1 Å². The second kappa shape index (κ2) is 8.25. The molecule has 0 aromatic carbocycles. The maximum atomic E-state index is 10.4. The summed E-state index contributed by atoms with van der Waals surface area (Å²) in [6, 6.07) is 2.15. The zero-order valence-corrected chi connectivity index (χ0v) is 11.1. The highest BCUT2D eigenvalue weighted by Gasteiger charge is 2.04. The van der Waals surface area contributed by atoms with E-state index in [0.717, 1.165) is 32.4 Å². The van der Waals surface area contributed by atoms with Gasteiger partial charge in [-0.3, -0.25) is 4.79 Å². The molecule has 0 amide bonds. The Morgan fingerprint density at radius 2 is 2.29 bits per heavy atom. The van der Waals surface area contributed by atoms with Crippen molar-refractivity contribution < 1.29 is 9.90 Å². The molecular formula is C13H21NO2S. The van der Waals surface area contributed by atoms with Crippen molar-refractivity contribution in [2.45, 2.75) is 32.6 Å². The summed E-state index contributed by atoms with van der Waals surface area (Å²) in [5, 5.41) is 16.2. The minimum Gasteiger partial charge on any atom is -0.481 e. The van der Waals surface area contributed by atoms with E-state index >= 15 is 0 Å². The Bertz CT molecular complexity index is 311. The number of rotatable bonds is 9. The van der Waals surface area contributed by atoms with Crippen LogP contribution in [0.15, 0.2) is 16.8 Å². The van der Waals surface area contributed by atoms with Gasteiger partial charge >= 0.3 is 5.97 Å². The van der Waals surface area contributed by atoms with Gasteiger partial charge in [0.15, 0.2) is 0 Å². The molecule has 0 spiro atoms. The number of carbonyl (C=O) groups is 1. The molecular weight excluding hydrogens is 234 g/mol. The van der Waals surface area contributed by atoms with Gasteiger partial charge in [0, 0.05) is 6.42 Å². The highest BCUT2D eigenvalue weighted by Crippen LogP contribution is 2.09. The van der Waals surface area contributed by atoms with Gasteiger partial charge in [-0.15, -0.1) is 0 Å². The lowest BCUT2D eigenvalue weighted by molar-refractivity contribution is -0.137. The molecule has 0 fully saturated rings. The summed E-state index contributed by atoms with van der Waals surface area (Å²) in [6.45, 7) is 4.09. The highest BCUT2D eigenvalue weighted by atomic mass is 32.1. The summed E-state index contributed by atoms with van der Waals surface area (Å²) in [6.07, 6.45) is 3.20. The first kappa shape index (κ1) is 14.2. The third-order valence-electron chi connectivity index (χ3n) is 2.84. The van der Waals surface area contributed by atoms with Gasteiger partial charge in [-0.1, -0.05) is 6.92 Å². The van der Waals surface area contributed by atoms with E-state index < -0.39 is 5.97 Å². The normalized spacial score (nSPS) is 12.5. The van der Waals surface area contributed by atoms with E-state index in [9.17, 15) is 4.79 Å². The van der Waals surface area contributed by atoms with Crippen LogP contribution in [-0.2, 0) is 11.2 Å². The van der Waals surface area contributed by atoms with Gasteiger partial charge in [0.25, 0.3) is 0 Å². The minimum atomic E-state index is -0.692. The van der Waals surface area contributed by atoms with E-state index in [0.29, 0.717) is 5.92 Å². The van der Waals surface area contributed by atoms with Crippen LogP contribution in [0, 0.1) is 5.92 Å². The largest absolute Gasteiger partial charge is 0.481 e. The van der Waals surface area contributed by atoms with Crippen molar-refractivity contribution in [1.29, 1.82) is 0 Å². The predicted molar refractivity (Wildman–Crippen MR) is 71.5 cm³/mol. The van der Waals surface area contributed by atoms with Gasteiger partial charge in [0.1, 0.15) is 0 Å². The summed E-state index contributed by atoms with van der Waals surface area (Å²) >= 11 is 1.73. The van der Waals surface area contributed by atoms with Gasteiger partial charge in [0.2, 0.25) is 0 Å². The zero-order chi connectivity index (χ0) is 12.5. The van der Waals surface area contributed by atoms with Gasteiger partial charge in [-0.2, -0.15) is 11.3 Å². The number of hydrogen-bond donors (Lipinski definition) is 2. The average Bonchev–Trinajstić information content (AvgIpc) is 2.79. The number of nitrogens with one attached hydrogen (secondary N) is 1. The van der Waals surface area contributed by atoms with Crippen molar-refractivity contribution in [1.82, 2.24) is 5.32 Å². The molecule has 3 nitrogen and oxygen atoms in total. The third kappa shape index (κ3) is 7.13. The molecule has 0 aliphatic heterocycles. The molecule has 2 N–H and O–H groups in total. The number of thiophene rings is 1. The fourth-order valence-electron chi connectivity index (χ4n) is 1.66. The molecule has 1 aromatic heterocycles. The lowest BCUT2D eigenvalue weighted by Crippen LogP contribution is -2.20. The maximum absolute atomic E-state index is 10.4. The molecule has 1 rings (SSSR count). The Morgan fingerprint density at radius 3 is 2.94 bits per heavy atom. The van der Waals surface area contributed by atoms with Crippen molar-refractivity contribution in [3.8, 4) is 0 Å². The molecule has 0 radical (unpaired) electrons. The van der Waals surface area contributed by atoms with Gasteiger partial charge in [0.05, 0.1) is 0 Å². The zero-order valence-electron chi connectivity index (χ0n) is 10.3. The van der Waals surface area contributed by atoms with Crippen molar-refractivity contribution in [2.75, 3.05) is 13.1 Å². The topological polar surface area (TPSA) is 49.3 Å². The lowest BCUT2D eigenvalue weighted by atomic mass is 10.0. The van der Waals surface area contributed by atoms with E-state index in [1.807, 2.05) is 0 Å². The molecule has 1 heterocycles. The standard InChI is InChI=1S/C13H21NO2S/c1-11(2-3-13(15)16)4-7-14-8-5-12-6-9-17-10-12/h6,9-11,14H,2-5,7-8H2,1H3,(H,15,16). The Morgan fingerprint density at radius 1 is 1.47 bits per heavy atom. The number of hydrogen-bond acceptors (Lipinski definition) is 3. The molecule has 0 saturated heterocycles. The van der Waals surface area contributed by atoms with Crippen LogP contribution in [-0.4, -0.2) is 24.2 Å². The number of carboxylic acids is 1. The molecule has 96 valence electrons. The van der Waals surface area contributed by atoms with Crippen LogP contribution in [0.2, 0.25) is 0 Å². The molecule has 1 aromatic rings. The lowest BCUT2D eigenvalue weighted by Gasteiger charge is -2.10. The average molecular weight is 255 g/mol. The van der Waals surface area contributed by atoms with Crippen molar-refractivity contribution in [2.24, 2.45) is 5.92 Å². The van der Waals surface area contributed by atoms with Crippen LogP contribution >= 0.6 is 11.3 Å². The maximum Gasteiger partial charge on any atom is 0.303 e. The van der Waals surface area contributed by atoms with Crippen LogP contribution in [0.4, 0.5) is 0 Å². The summed E-state index contributed by atoms with van der Waals surface area (Å²) < 4.78 is 0. The predicted octanol–water partition coefficient (Wildman–Crippen LogP) is 2.77. The second-order valence-electron chi connectivity index (χ2n) is 4.46. The quantitative estimate of drug-likeness (QED) is 0.667. The number of aliphatic carboxylic acids is 1. The second-order valence-corrected chi connectivity index (χ2v) is 5.24. The monoisotopic (exact) mass is 255 g/mol. The molecule has 1 unspecified atom stereocenters. The summed E-state index contributed by atoms with van der Waals surface area (Å²) in [7, 11) is 0. The highest BCUT2D eigenvalue weighted by molar-refractivity contribution is 7.07. The van der Waals surface area contributed by atoms with Crippen LogP contribution in [0.1, 0.15) is 31.7 Å². The third-order valence-corrected chi connectivity index (χ3v) is 3.57. The number of carboxylic acid groups (broad SMARTS) is 1. The van der Waals surface area contributed by atoms with E-state index in [4.69, 9.17) is 5.11 Å². The molecule has 4 heteroatoms. The van der Waals surface area contributed by atoms with Crippen molar-refractivity contribution >= 4 is 17.3 Å². The van der Waals surface area contributed by atoms with Crippen LogP contribution in [0.5, 0.6) is 0 Å². The van der Waals surface area contributed by atoms with E-state index in [1.165, 1.54) is 5.56 Å². The van der Waals surface area contributed by atoms with Crippen molar-refractivity contribution in [3.63, 3.8) is 0 Å². The van der Waals surface area contributed by atoms with E-state index in [-0.39, 0.29) is 6.42 Å². The molecule has 1 atom stereocenters. The Labute approximate surface area is 107 Å². The minimum absolute atomic E-state index is 0.288. The first-order valence-corrected chi connectivity index (χ1v) is 7.06. The van der Waals surface area contributed by atoms with Gasteiger partial charge in [-0.25, -0.2) is 0 Å². The summed E-state index contributed by atoms with van der Waals surface area (Å²) in [5.41, 5.74) is 1.39. The Balaban J connectivity index is 1.94. The molecule has 0 aliphatic carbocycles. The SMILES string of the molecule is CC(CCNCCc1ccsc1)CCC(=O)O. The Kier molecular flexibility index (Phi) is 6.89. The Hall–Kier alpha value is -0.870. The van der Waals surface area contributed by atoms with Gasteiger partial charge < -0.3 is 10.4 Å². The fourth-order valence-corrected chi connectivity index (χ4v) is 2.36. The summed E-state index contributed by atoms with van der Waals surface area (Å²) in [4.78, 5) is 10.4. The molecule has 0 saturated carbocycles. The van der Waals surface area contributed by atoms with Crippen molar-refractivity contribution in [3.05, 3.63) is 22.4 Å². The molecule has 17 heavy (non-hydrogen) atoms.